The first-order valence-electron chi connectivity index (χ1n) is 8.00. The molecule has 1 fully saturated rings. The Bertz CT molecular complexity index is 671. The summed E-state index contributed by atoms with van der Waals surface area (Å²) in [6, 6.07) is 8.12. The Balaban J connectivity index is 1.84. The van der Waals surface area contributed by atoms with Crippen LogP contribution in [0.2, 0.25) is 0 Å². The Morgan fingerprint density at radius 2 is 1.90 bits per heavy atom. The summed E-state index contributed by atoms with van der Waals surface area (Å²) in [7, 11) is 0. The zero-order chi connectivity index (χ0) is 14.7. The molecule has 1 aromatic heterocycles. The van der Waals surface area contributed by atoms with Gasteiger partial charge in [-0.25, -0.2) is 4.79 Å². The molecule has 2 heterocycles. The number of aryl methyl sites for hydroxylation is 2. The standard InChI is InChI=1S/C17H23N3O/c1-2-15-14-8-3-4-9-16(14)20(17(21)18-15)13-7-12-19-10-5-6-11-19/h3-4,8-9H,2,5-7,10-13H2,1H3. The van der Waals surface area contributed by atoms with Crippen molar-refractivity contribution in [3.8, 4) is 0 Å². The molecule has 4 heteroatoms. The van der Waals surface area contributed by atoms with Crippen molar-refractivity contribution < 1.29 is 0 Å². The molecule has 112 valence electrons. The van der Waals surface area contributed by atoms with Gasteiger partial charge in [0.1, 0.15) is 0 Å². The van der Waals surface area contributed by atoms with E-state index in [0.717, 1.165) is 42.5 Å². The Hall–Kier alpha value is -1.68. The lowest BCUT2D eigenvalue weighted by atomic mass is 10.1. The quantitative estimate of drug-likeness (QED) is 0.847. The van der Waals surface area contributed by atoms with E-state index >= 15 is 0 Å². The van der Waals surface area contributed by atoms with Crippen LogP contribution in [0.25, 0.3) is 10.9 Å². The minimum atomic E-state index is -0.105. The number of fused-ring (bicyclic) bond motifs is 1. The Morgan fingerprint density at radius 1 is 1.14 bits per heavy atom. The third-order valence-electron chi connectivity index (χ3n) is 4.36. The maximum Gasteiger partial charge on any atom is 0.348 e. The molecule has 1 saturated heterocycles. The average molecular weight is 285 g/mol. The second-order valence-corrected chi connectivity index (χ2v) is 5.77. The van der Waals surface area contributed by atoms with Crippen molar-refractivity contribution in [1.82, 2.24) is 14.5 Å². The molecule has 0 spiro atoms. The summed E-state index contributed by atoms with van der Waals surface area (Å²) in [5.41, 5.74) is 1.83. The van der Waals surface area contributed by atoms with Gasteiger partial charge in [0.05, 0.1) is 11.2 Å². The topological polar surface area (TPSA) is 38.1 Å². The van der Waals surface area contributed by atoms with Gasteiger partial charge in [0.15, 0.2) is 0 Å². The highest BCUT2D eigenvalue weighted by atomic mass is 16.1. The number of rotatable bonds is 5. The fourth-order valence-electron chi connectivity index (χ4n) is 3.24. The molecule has 1 aliphatic rings. The smallest absolute Gasteiger partial charge is 0.303 e. The van der Waals surface area contributed by atoms with Crippen molar-refractivity contribution >= 4 is 10.9 Å². The Labute approximate surface area is 125 Å². The number of hydrogen-bond acceptors (Lipinski definition) is 3. The number of likely N-dealkylation sites (tertiary alicyclic amines) is 1. The number of nitrogens with zero attached hydrogens (tertiary/aromatic N) is 3. The first-order valence-corrected chi connectivity index (χ1v) is 8.00. The first kappa shape index (κ1) is 14.3. The highest BCUT2D eigenvalue weighted by molar-refractivity contribution is 5.81. The molecule has 0 atom stereocenters. The minimum absolute atomic E-state index is 0.105. The minimum Gasteiger partial charge on any atom is -0.303 e. The number of hydrogen-bond donors (Lipinski definition) is 0. The van der Waals surface area contributed by atoms with Gasteiger partial charge in [-0.05, 0) is 51.4 Å². The van der Waals surface area contributed by atoms with Gasteiger partial charge in [-0.3, -0.25) is 4.57 Å². The van der Waals surface area contributed by atoms with Crippen LogP contribution >= 0.6 is 0 Å². The molecule has 21 heavy (non-hydrogen) atoms. The van der Waals surface area contributed by atoms with Crippen LogP contribution in [-0.2, 0) is 13.0 Å². The van der Waals surface area contributed by atoms with E-state index in [1.165, 1.54) is 25.9 Å². The third-order valence-corrected chi connectivity index (χ3v) is 4.36. The van der Waals surface area contributed by atoms with E-state index in [2.05, 4.69) is 16.0 Å². The second kappa shape index (κ2) is 6.39. The summed E-state index contributed by atoms with van der Waals surface area (Å²) < 4.78 is 1.84. The highest BCUT2D eigenvalue weighted by Gasteiger charge is 2.12. The molecule has 4 nitrogen and oxygen atoms in total. The van der Waals surface area contributed by atoms with E-state index in [0.29, 0.717) is 0 Å². The summed E-state index contributed by atoms with van der Waals surface area (Å²) in [6.45, 7) is 6.31. The predicted octanol–water partition coefficient (Wildman–Crippen LogP) is 2.44. The number of para-hydroxylation sites is 1. The monoisotopic (exact) mass is 285 g/mol. The van der Waals surface area contributed by atoms with Gasteiger partial charge in [-0.2, -0.15) is 4.98 Å². The normalized spacial score (nSPS) is 15.9. The zero-order valence-corrected chi connectivity index (χ0v) is 12.7. The molecular formula is C17H23N3O. The van der Waals surface area contributed by atoms with Gasteiger partial charge in [-0.1, -0.05) is 25.1 Å². The van der Waals surface area contributed by atoms with Crippen LogP contribution in [0.3, 0.4) is 0 Å². The highest BCUT2D eigenvalue weighted by Crippen LogP contribution is 2.16. The van der Waals surface area contributed by atoms with Crippen LogP contribution in [0.15, 0.2) is 29.1 Å². The first-order chi connectivity index (χ1) is 10.3. The largest absolute Gasteiger partial charge is 0.348 e. The van der Waals surface area contributed by atoms with Gasteiger partial charge in [-0.15, -0.1) is 0 Å². The predicted molar refractivity (Wildman–Crippen MR) is 85.7 cm³/mol. The summed E-state index contributed by atoms with van der Waals surface area (Å²) >= 11 is 0. The molecule has 0 bridgehead atoms. The van der Waals surface area contributed by atoms with Crippen LogP contribution in [-0.4, -0.2) is 34.1 Å². The summed E-state index contributed by atoms with van der Waals surface area (Å²) in [4.78, 5) is 19.0. The van der Waals surface area contributed by atoms with E-state index in [-0.39, 0.29) is 5.69 Å². The summed E-state index contributed by atoms with van der Waals surface area (Å²) in [5, 5.41) is 1.11. The van der Waals surface area contributed by atoms with Crippen LogP contribution in [0, 0.1) is 0 Å². The van der Waals surface area contributed by atoms with Gasteiger partial charge < -0.3 is 4.90 Å². The third kappa shape index (κ3) is 3.00. The van der Waals surface area contributed by atoms with E-state index in [4.69, 9.17) is 0 Å². The van der Waals surface area contributed by atoms with Gasteiger partial charge in [0.2, 0.25) is 0 Å². The average Bonchev–Trinajstić information content (AvgIpc) is 3.02. The lowest BCUT2D eigenvalue weighted by molar-refractivity contribution is 0.325. The molecule has 0 amide bonds. The zero-order valence-electron chi connectivity index (χ0n) is 12.7. The van der Waals surface area contributed by atoms with Crippen LogP contribution < -0.4 is 5.69 Å². The molecule has 0 saturated carbocycles. The summed E-state index contributed by atoms with van der Waals surface area (Å²) in [5.74, 6) is 0. The molecule has 0 aliphatic carbocycles. The van der Waals surface area contributed by atoms with Crippen molar-refractivity contribution in [2.45, 2.75) is 39.2 Å². The fraction of sp³-hybridized carbons (Fsp3) is 0.529. The molecule has 1 aliphatic heterocycles. The van der Waals surface area contributed by atoms with Crippen LogP contribution in [0.1, 0.15) is 31.9 Å². The molecular weight excluding hydrogens is 262 g/mol. The number of benzene rings is 1. The molecule has 0 unspecified atom stereocenters. The Kier molecular flexibility index (Phi) is 4.34. The van der Waals surface area contributed by atoms with Crippen molar-refractivity contribution in [2.24, 2.45) is 0 Å². The summed E-state index contributed by atoms with van der Waals surface area (Å²) in [6.07, 6.45) is 4.44. The molecule has 0 radical (unpaired) electrons. The fourth-order valence-corrected chi connectivity index (χ4v) is 3.24. The van der Waals surface area contributed by atoms with Gasteiger partial charge in [0, 0.05) is 11.9 Å². The maximum absolute atomic E-state index is 12.3. The lowest BCUT2D eigenvalue weighted by Gasteiger charge is -2.16. The molecule has 3 rings (SSSR count). The SMILES string of the molecule is CCc1nc(=O)n(CCCN2CCCC2)c2ccccc12. The van der Waals surface area contributed by atoms with Crippen molar-refractivity contribution in [1.29, 1.82) is 0 Å². The maximum atomic E-state index is 12.3. The van der Waals surface area contributed by atoms with E-state index < -0.39 is 0 Å². The van der Waals surface area contributed by atoms with E-state index in [9.17, 15) is 4.79 Å². The van der Waals surface area contributed by atoms with E-state index in [1.807, 2.05) is 29.7 Å². The molecule has 2 aromatic rings. The van der Waals surface area contributed by atoms with Crippen molar-refractivity contribution in [3.05, 3.63) is 40.4 Å². The molecule has 1 aromatic carbocycles. The molecule has 0 N–H and O–H groups in total. The Morgan fingerprint density at radius 3 is 2.67 bits per heavy atom. The van der Waals surface area contributed by atoms with E-state index in [1.54, 1.807) is 0 Å². The lowest BCUT2D eigenvalue weighted by Crippen LogP contribution is -2.27. The van der Waals surface area contributed by atoms with Crippen molar-refractivity contribution in [2.75, 3.05) is 19.6 Å². The number of aromatic nitrogens is 2. The van der Waals surface area contributed by atoms with Crippen molar-refractivity contribution in [3.63, 3.8) is 0 Å². The van der Waals surface area contributed by atoms with Gasteiger partial charge in [0.25, 0.3) is 0 Å². The van der Waals surface area contributed by atoms with Crippen LogP contribution in [0.4, 0.5) is 0 Å². The van der Waals surface area contributed by atoms with Gasteiger partial charge >= 0.3 is 5.69 Å². The second-order valence-electron chi connectivity index (χ2n) is 5.77. The van der Waals surface area contributed by atoms with Crippen LogP contribution in [0.5, 0.6) is 0 Å².